The number of para-hydroxylation sites is 1. The first kappa shape index (κ1) is 20.7. The molecule has 164 valence electrons. The van der Waals surface area contributed by atoms with Gasteiger partial charge in [0.05, 0.1) is 29.0 Å². The third kappa shape index (κ3) is 3.81. The second-order valence-corrected chi connectivity index (χ2v) is 8.16. The number of imidazole rings is 1. The Balaban J connectivity index is 1.59. The van der Waals surface area contributed by atoms with Crippen molar-refractivity contribution in [1.29, 1.82) is 0 Å². The van der Waals surface area contributed by atoms with Crippen molar-refractivity contribution >= 4 is 28.6 Å². The highest BCUT2D eigenvalue weighted by Crippen LogP contribution is 2.40. The number of hydrogen-bond donors (Lipinski definition) is 2. The number of carbonyl (C=O) groups is 1. The van der Waals surface area contributed by atoms with Gasteiger partial charge in [-0.05, 0) is 29.3 Å². The lowest BCUT2D eigenvalue weighted by molar-refractivity contribution is -0.112. The number of aryl methyl sites for hydroxylation is 1. The normalized spacial score (nSPS) is 14.4. The molecule has 0 bridgehead atoms. The van der Waals surface area contributed by atoms with Crippen molar-refractivity contribution in [3.63, 3.8) is 0 Å². The lowest BCUT2D eigenvalue weighted by Crippen LogP contribution is -2.21. The number of fused-ring (bicyclic) bond motifs is 1. The van der Waals surface area contributed by atoms with Gasteiger partial charge in [-0.3, -0.25) is 4.79 Å². The first-order chi connectivity index (χ1) is 16.0. The summed E-state index contributed by atoms with van der Waals surface area (Å²) in [6, 6.07) is 24.0. The fourth-order valence-corrected chi connectivity index (χ4v) is 4.13. The Labute approximate surface area is 193 Å². The van der Waals surface area contributed by atoms with Gasteiger partial charge in [-0.25, -0.2) is 4.98 Å². The van der Waals surface area contributed by atoms with Crippen LogP contribution in [0.1, 0.15) is 16.7 Å². The molecule has 0 radical (unpaired) electrons. The van der Waals surface area contributed by atoms with E-state index in [4.69, 9.17) is 5.73 Å². The van der Waals surface area contributed by atoms with E-state index in [9.17, 15) is 4.79 Å². The van der Waals surface area contributed by atoms with Crippen LogP contribution in [0.4, 0.5) is 11.4 Å². The Kier molecular flexibility index (Phi) is 5.28. The zero-order valence-corrected chi connectivity index (χ0v) is 18.6. The van der Waals surface area contributed by atoms with E-state index in [1.807, 2.05) is 97.7 Å². The molecular formula is C27H25N5O. The van der Waals surface area contributed by atoms with Crippen molar-refractivity contribution < 1.29 is 4.79 Å². The number of rotatable bonds is 5. The molecule has 1 amide bonds. The minimum absolute atomic E-state index is 0.0355. The van der Waals surface area contributed by atoms with Gasteiger partial charge in [0.2, 0.25) is 0 Å². The molecule has 3 N–H and O–H groups in total. The Bertz CT molecular complexity index is 1350. The average Bonchev–Trinajstić information content (AvgIpc) is 3.39. The highest BCUT2D eigenvalue weighted by atomic mass is 16.2. The molecule has 0 atom stereocenters. The molecule has 6 heteroatoms. The van der Waals surface area contributed by atoms with E-state index < -0.39 is 0 Å². The van der Waals surface area contributed by atoms with Crippen LogP contribution in [0.25, 0.3) is 22.5 Å². The van der Waals surface area contributed by atoms with Crippen LogP contribution in [0.3, 0.4) is 0 Å². The van der Waals surface area contributed by atoms with Gasteiger partial charge in [0.25, 0.3) is 5.91 Å². The molecular weight excluding hydrogens is 410 g/mol. The number of likely N-dealkylation sites (N-methyl/N-ethyl adjacent to an activating group) is 1. The van der Waals surface area contributed by atoms with Crippen molar-refractivity contribution in [2.75, 3.05) is 17.3 Å². The number of hydrogen-bond acceptors (Lipinski definition) is 4. The Morgan fingerprint density at radius 3 is 2.36 bits per heavy atom. The van der Waals surface area contributed by atoms with Gasteiger partial charge >= 0.3 is 0 Å². The molecule has 0 unspecified atom stereocenters. The van der Waals surface area contributed by atoms with Crippen molar-refractivity contribution in [2.45, 2.75) is 6.54 Å². The van der Waals surface area contributed by atoms with Crippen LogP contribution in [-0.4, -0.2) is 22.5 Å². The number of nitrogens with one attached hydrogen (secondary N) is 1. The summed E-state index contributed by atoms with van der Waals surface area (Å²) in [7, 11) is 3.76. The van der Waals surface area contributed by atoms with E-state index >= 15 is 0 Å². The molecule has 1 aliphatic heterocycles. The molecule has 4 aromatic rings. The summed E-state index contributed by atoms with van der Waals surface area (Å²) < 4.78 is 1.93. The third-order valence-corrected chi connectivity index (χ3v) is 5.94. The first-order valence-corrected chi connectivity index (χ1v) is 10.8. The van der Waals surface area contributed by atoms with Gasteiger partial charge < -0.3 is 20.5 Å². The number of nitrogens with zero attached hydrogens (tertiary/aromatic N) is 3. The second-order valence-electron chi connectivity index (χ2n) is 8.16. The highest BCUT2D eigenvalue weighted by molar-refractivity contribution is 6.38. The van der Waals surface area contributed by atoms with Gasteiger partial charge in [-0.2, -0.15) is 0 Å². The Morgan fingerprint density at radius 1 is 0.970 bits per heavy atom. The second kappa shape index (κ2) is 8.41. The summed E-state index contributed by atoms with van der Waals surface area (Å²) >= 11 is 0. The molecule has 5 rings (SSSR count). The average molecular weight is 436 g/mol. The van der Waals surface area contributed by atoms with E-state index in [1.54, 1.807) is 11.2 Å². The number of aromatic nitrogens is 2. The van der Waals surface area contributed by atoms with Crippen molar-refractivity contribution in [3.8, 4) is 11.3 Å². The van der Waals surface area contributed by atoms with E-state index in [1.165, 1.54) is 0 Å². The first-order valence-electron chi connectivity index (χ1n) is 10.8. The maximum atomic E-state index is 13.3. The maximum Gasteiger partial charge on any atom is 0.260 e. The topological polar surface area (TPSA) is 76.2 Å². The largest absolute Gasteiger partial charge is 0.354 e. The summed E-state index contributed by atoms with van der Waals surface area (Å²) in [5, 5.41) is 3.53. The van der Waals surface area contributed by atoms with Gasteiger partial charge in [0, 0.05) is 43.7 Å². The van der Waals surface area contributed by atoms with E-state index in [2.05, 4.69) is 10.3 Å². The Hall–Kier alpha value is -4.16. The minimum Gasteiger partial charge on any atom is -0.354 e. The summed E-state index contributed by atoms with van der Waals surface area (Å²) in [5.41, 5.74) is 13.8. The summed E-state index contributed by atoms with van der Waals surface area (Å²) in [4.78, 5) is 19.4. The van der Waals surface area contributed by atoms with Crippen LogP contribution in [0.5, 0.6) is 0 Å². The quantitative estimate of drug-likeness (QED) is 0.453. The van der Waals surface area contributed by atoms with Crippen LogP contribution in [-0.2, 0) is 18.4 Å². The molecule has 33 heavy (non-hydrogen) atoms. The molecule has 6 nitrogen and oxygen atoms in total. The smallest absolute Gasteiger partial charge is 0.260 e. The number of benzene rings is 3. The zero-order chi connectivity index (χ0) is 22.9. The molecule has 0 saturated carbocycles. The highest BCUT2D eigenvalue weighted by Gasteiger charge is 2.32. The predicted octanol–water partition coefficient (Wildman–Crippen LogP) is 4.50. The van der Waals surface area contributed by atoms with Crippen molar-refractivity contribution in [3.05, 3.63) is 102 Å². The van der Waals surface area contributed by atoms with Crippen LogP contribution in [0, 0.1) is 0 Å². The molecule has 0 saturated heterocycles. The van der Waals surface area contributed by atoms with Crippen LogP contribution < -0.4 is 16.0 Å². The standard InChI is InChI=1S/C27H25N5O/c1-31-16-23(29-17-31)19-11-13-21(14-12-19)30-26(20-9-7-18(15-28)8-10-20)25-22-5-3-4-6-24(22)32(2)27(25)33/h3-14,16-17,30H,15,28H2,1-2H3. The van der Waals surface area contributed by atoms with Crippen molar-refractivity contribution in [1.82, 2.24) is 9.55 Å². The summed E-state index contributed by atoms with van der Waals surface area (Å²) in [6.07, 6.45) is 3.77. The number of amides is 1. The van der Waals surface area contributed by atoms with E-state index in [-0.39, 0.29) is 5.91 Å². The van der Waals surface area contributed by atoms with Gasteiger partial charge in [0.15, 0.2) is 0 Å². The molecule has 0 aliphatic carbocycles. The summed E-state index contributed by atoms with van der Waals surface area (Å²) in [5.74, 6) is -0.0355. The van der Waals surface area contributed by atoms with Gasteiger partial charge in [-0.15, -0.1) is 0 Å². The van der Waals surface area contributed by atoms with Crippen LogP contribution in [0.2, 0.25) is 0 Å². The van der Waals surface area contributed by atoms with Crippen LogP contribution in [0.15, 0.2) is 85.3 Å². The number of anilines is 2. The fraction of sp³-hybridized carbons (Fsp3) is 0.111. The predicted molar refractivity (Wildman–Crippen MR) is 133 cm³/mol. The molecule has 1 aromatic heterocycles. The number of nitrogens with two attached hydrogens (primary N) is 1. The van der Waals surface area contributed by atoms with E-state index in [0.29, 0.717) is 12.1 Å². The van der Waals surface area contributed by atoms with E-state index in [0.717, 1.165) is 45.0 Å². The maximum absolute atomic E-state index is 13.3. The summed E-state index contributed by atoms with van der Waals surface area (Å²) in [6.45, 7) is 0.471. The van der Waals surface area contributed by atoms with Gasteiger partial charge in [-0.1, -0.05) is 54.6 Å². The lowest BCUT2D eigenvalue weighted by atomic mass is 9.99. The van der Waals surface area contributed by atoms with Gasteiger partial charge in [0.1, 0.15) is 0 Å². The lowest BCUT2D eigenvalue weighted by Gasteiger charge is -2.16. The zero-order valence-electron chi connectivity index (χ0n) is 18.6. The monoisotopic (exact) mass is 435 g/mol. The fourth-order valence-electron chi connectivity index (χ4n) is 4.13. The molecule has 3 aromatic carbocycles. The third-order valence-electron chi connectivity index (χ3n) is 5.94. The molecule has 0 spiro atoms. The molecule has 0 fully saturated rings. The minimum atomic E-state index is -0.0355. The van der Waals surface area contributed by atoms with Crippen LogP contribution >= 0.6 is 0 Å². The molecule has 2 heterocycles. The molecule has 1 aliphatic rings. The SMILES string of the molecule is CN1C(=O)C(=C(Nc2ccc(-c3cn(C)cn3)cc2)c2ccc(CN)cc2)c2ccccc21. The number of carbonyl (C=O) groups excluding carboxylic acids is 1. The Morgan fingerprint density at radius 2 is 1.70 bits per heavy atom. The van der Waals surface area contributed by atoms with Crippen molar-refractivity contribution in [2.24, 2.45) is 12.8 Å².